The molecule has 4 heterocycles. The van der Waals surface area contributed by atoms with Gasteiger partial charge < -0.3 is 14.6 Å². The molecule has 2 amide bonds. The number of benzene rings is 1. The fourth-order valence-electron chi connectivity index (χ4n) is 4.42. The highest BCUT2D eigenvalue weighted by Crippen LogP contribution is 2.28. The number of nitrogens with one attached hydrogen (secondary N) is 1. The van der Waals surface area contributed by atoms with Crippen molar-refractivity contribution in [1.29, 1.82) is 0 Å². The topological polar surface area (TPSA) is 79.6 Å². The third-order valence-electron chi connectivity index (χ3n) is 6.45. The molecule has 35 heavy (non-hydrogen) atoms. The first-order chi connectivity index (χ1) is 17.2. The summed E-state index contributed by atoms with van der Waals surface area (Å²) in [6, 6.07) is 17.4. The minimum absolute atomic E-state index is 0.0213. The summed E-state index contributed by atoms with van der Waals surface area (Å²) >= 11 is 0. The molecule has 0 unspecified atom stereocenters. The zero-order chi connectivity index (χ0) is 24.0. The lowest BCUT2D eigenvalue weighted by atomic mass is 9.89. The minimum Gasteiger partial charge on any atom is -0.348 e. The molecule has 1 aromatic carbocycles. The number of fused-ring (bicyclic) bond motifs is 1. The fourth-order valence-corrected chi connectivity index (χ4v) is 4.42. The molecule has 7 nitrogen and oxygen atoms in total. The Morgan fingerprint density at radius 1 is 0.971 bits per heavy atom. The second-order valence-corrected chi connectivity index (χ2v) is 8.72. The number of carbonyl (C=O) groups is 2. The van der Waals surface area contributed by atoms with Crippen LogP contribution < -0.4 is 5.32 Å². The maximum absolute atomic E-state index is 12.6. The molecule has 4 aromatic rings. The van der Waals surface area contributed by atoms with E-state index in [2.05, 4.69) is 15.3 Å². The highest BCUT2D eigenvalue weighted by atomic mass is 16.2. The van der Waals surface area contributed by atoms with E-state index in [0.717, 1.165) is 42.8 Å². The van der Waals surface area contributed by atoms with Crippen molar-refractivity contribution in [2.45, 2.75) is 25.3 Å². The lowest BCUT2D eigenvalue weighted by Gasteiger charge is -2.31. The van der Waals surface area contributed by atoms with E-state index in [4.69, 9.17) is 0 Å². The van der Waals surface area contributed by atoms with E-state index in [1.54, 1.807) is 24.5 Å². The summed E-state index contributed by atoms with van der Waals surface area (Å²) in [7, 11) is 0. The third kappa shape index (κ3) is 5.46. The van der Waals surface area contributed by atoms with Gasteiger partial charge in [0.25, 0.3) is 5.91 Å². The zero-order valence-electron chi connectivity index (χ0n) is 19.4. The van der Waals surface area contributed by atoms with Gasteiger partial charge in [0.15, 0.2) is 0 Å². The Kier molecular flexibility index (Phi) is 6.66. The summed E-state index contributed by atoms with van der Waals surface area (Å²) in [5.74, 6) is 0.310. The first-order valence-corrected chi connectivity index (χ1v) is 11.8. The number of aromatic nitrogens is 3. The van der Waals surface area contributed by atoms with Gasteiger partial charge in [-0.2, -0.15) is 0 Å². The minimum atomic E-state index is -0.0973. The number of nitrogens with zero attached hydrogens (tertiary/aromatic N) is 4. The molecule has 0 saturated carbocycles. The smallest absolute Gasteiger partial charge is 0.251 e. The lowest BCUT2D eigenvalue weighted by molar-refractivity contribution is -0.126. The normalized spacial score (nSPS) is 14.5. The van der Waals surface area contributed by atoms with Crippen LogP contribution in [-0.4, -0.2) is 44.2 Å². The number of hydrogen-bond donors (Lipinski definition) is 1. The molecule has 5 rings (SSSR count). The van der Waals surface area contributed by atoms with E-state index < -0.39 is 0 Å². The molecule has 0 aliphatic carbocycles. The quantitative estimate of drug-likeness (QED) is 0.435. The number of piperidine rings is 1. The summed E-state index contributed by atoms with van der Waals surface area (Å²) in [4.78, 5) is 35.5. The van der Waals surface area contributed by atoms with Crippen molar-refractivity contribution in [3.63, 3.8) is 0 Å². The lowest BCUT2D eigenvalue weighted by Crippen LogP contribution is -2.36. The van der Waals surface area contributed by atoms with Crippen LogP contribution in [0.15, 0.2) is 85.5 Å². The van der Waals surface area contributed by atoms with Crippen molar-refractivity contribution in [1.82, 2.24) is 24.6 Å². The second kappa shape index (κ2) is 10.3. The van der Waals surface area contributed by atoms with Crippen LogP contribution in [0.1, 0.15) is 45.9 Å². The molecule has 7 heteroatoms. The van der Waals surface area contributed by atoms with Crippen molar-refractivity contribution in [2.75, 3.05) is 13.1 Å². The fraction of sp³-hybridized carbons (Fsp3) is 0.214. The van der Waals surface area contributed by atoms with Gasteiger partial charge in [0.2, 0.25) is 5.91 Å². The highest BCUT2D eigenvalue weighted by Gasteiger charge is 2.23. The molecule has 0 atom stereocenters. The van der Waals surface area contributed by atoms with Gasteiger partial charge in [-0.25, -0.2) is 4.98 Å². The Labute approximate surface area is 204 Å². The molecule has 3 aromatic heterocycles. The third-order valence-corrected chi connectivity index (χ3v) is 6.45. The van der Waals surface area contributed by atoms with Crippen molar-refractivity contribution in [3.8, 4) is 0 Å². The number of pyridine rings is 2. The van der Waals surface area contributed by atoms with Gasteiger partial charge in [0, 0.05) is 56.1 Å². The Morgan fingerprint density at radius 3 is 2.57 bits per heavy atom. The second-order valence-electron chi connectivity index (χ2n) is 8.72. The zero-order valence-corrected chi connectivity index (χ0v) is 19.4. The van der Waals surface area contributed by atoms with E-state index >= 15 is 0 Å². The molecular weight excluding hydrogens is 438 g/mol. The monoisotopic (exact) mass is 465 g/mol. The Bertz CT molecular complexity index is 1340. The predicted octanol–water partition coefficient (Wildman–Crippen LogP) is 4.08. The molecule has 0 bridgehead atoms. The number of rotatable bonds is 6. The van der Waals surface area contributed by atoms with Gasteiger partial charge in [-0.1, -0.05) is 18.2 Å². The van der Waals surface area contributed by atoms with Crippen LogP contribution in [0, 0.1) is 0 Å². The van der Waals surface area contributed by atoms with Gasteiger partial charge in [-0.05, 0) is 72.4 Å². The molecular formula is C28H27N5O2. The van der Waals surface area contributed by atoms with Gasteiger partial charge in [-0.15, -0.1) is 0 Å². The number of carbonyl (C=O) groups excluding carboxylic acids is 2. The van der Waals surface area contributed by atoms with Crippen LogP contribution in [0.5, 0.6) is 0 Å². The van der Waals surface area contributed by atoms with Crippen LogP contribution in [-0.2, 0) is 11.3 Å². The molecule has 176 valence electrons. The number of likely N-dealkylation sites (tertiary alicyclic amines) is 1. The molecule has 1 aliphatic heterocycles. The van der Waals surface area contributed by atoms with Gasteiger partial charge in [0.1, 0.15) is 5.65 Å². The number of amides is 2. The van der Waals surface area contributed by atoms with E-state index in [1.807, 2.05) is 76.3 Å². The SMILES string of the molecule is O=C(NCc1ccn2ccnc2c1)c1ccc(C2CCN(C(=O)C=Cc3ccccn3)CC2)cc1. The summed E-state index contributed by atoms with van der Waals surface area (Å²) < 4.78 is 1.93. The van der Waals surface area contributed by atoms with Crippen molar-refractivity contribution in [2.24, 2.45) is 0 Å². The number of hydrogen-bond acceptors (Lipinski definition) is 4. The summed E-state index contributed by atoms with van der Waals surface area (Å²) in [6.07, 6.45) is 12.5. The van der Waals surface area contributed by atoms with Crippen molar-refractivity contribution in [3.05, 3.63) is 108 Å². The van der Waals surface area contributed by atoms with Crippen molar-refractivity contribution >= 4 is 23.5 Å². The largest absolute Gasteiger partial charge is 0.348 e. The Hall–Kier alpha value is -4.26. The van der Waals surface area contributed by atoms with Crippen LogP contribution in [0.25, 0.3) is 11.7 Å². The Balaban J connectivity index is 1.11. The van der Waals surface area contributed by atoms with E-state index in [1.165, 1.54) is 5.56 Å². The Morgan fingerprint density at radius 2 is 1.80 bits per heavy atom. The molecule has 1 saturated heterocycles. The van der Waals surface area contributed by atoms with Crippen LogP contribution in [0.4, 0.5) is 0 Å². The summed E-state index contributed by atoms with van der Waals surface area (Å²) in [6.45, 7) is 1.89. The molecule has 0 spiro atoms. The van der Waals surface area contributed by atoms with Crippen LogP contribution in [0.3, 0.4) is 0 Å². The van der Waals surface area contributed by atoms with Crippen LogP contribution >= 0.6 is 0 Å². The summed E-state index contributed by atoms with van der Waals surface area (Å²) in [5, 5.41) is 2.98. The van der Waals surface area contributed by atoms with Gasteiger partial charge in [0.05, 0.1) is 5.69 Å². The highest BCUT2D eigenvalue weighted by molar-refractivity contribution is 5.94. The van der Waals surface area contributed by atoms with Gasteiger partial charge in [-0.3, -0.25) is 14.6 Å². The van der Waals surface area contributed by atoms with E-state index in [-0.39, 0.29) is 11.8 Å². The van der Waals surface area contributed by atoms with E-state index in [0.29, 0.717) is 18.0 Å². The molecule has 1 N–H and O–H groups in total. The number of imidazole rings is 1. The molecule has 1 fully saturated rings. The standard InChI is InChI=1S/C28H27N5O2/c34-27(9-8-25-3-1-2-13-29-25)33-16-11-23(12-17-33)22-4-6-24(7-5-22)28(35)31-20-21-10-15-32-18-14-30-26(32)19-21/h1-10,13-15,18-19,23H,11-12,16-17,20H2,(H,31,35). The van der Waals surface area contributed by atoms with Gasteiger partial charge >= 0.3 is 0 Å². The predicted molar refractivity (Wildman–Crippen MR) is 135 cm³/mol. The molecule has 0 radical (unpaired) electrons. The molecule has 1 aliphatic rings. The average Bonchev–Trinajstić information content (AvgIpc) is 3.39. The van der Waals surface area contributed by atoms with Crippen molar-refractivity contribution < 1.29 is 9.59 Å². The first kappa shape index (κ1) is 22.5. The maximum Gasteiger partial charge on any atom is 0.251 e. The maximum atomic E-state index is 12.6. The summed E-state index contributed by atoms with van der Waals surface area (Å²) in [5.41, 5.74) is 4.49. The van der Waals surface area contributed by atoms with E-state index in [9.17, 15) is 9.59 Å². The van der Waals surface area contributed by atoms with Crippen LogP contribution in [0.2, 0.25) is 0 Å². The first-order valence-electron chi connectivity index (χ1n) is 11.8. The average molecular weight is 466 g/mol.